The molecule has 0 aliphatic carbocycles. The van der Waals surface area contributed by atoms with Crippen LogP contribution in [0.15, 0.2) is 42.5 Å². The van der Waals surface area contributed by atoms with Crippen molar-refractivity contribution in [2.75, 3.05) is 19.5 Å². The molecule has 7 heteroatoms. The summed E-state index contributed by atoms with van der Waals surface area (Å²) in [6, 6.07) is 11.3. The fraction of sp³-hybridized carbons (Fsp3) is 0.176. The van der Waals surface area contributed by atoms with E-state index in [1.54, 1.807) is 36.4 Å². The minimum atomic E-state index is -1.52. The van der Waals surface area contributed by atoms with Crippen molar-refractivity contribution >= 4 is 17.5 Å². The average molecular weight is 330 g/mol. The number of benzene rings is 2. The Balaban J connectivity index is 2.37. The zero-order valence-corrected chi connectivity index (χ0v) is 13.3. The molecule has 0 aliphatic rings. The quantitative estimate of drug-likeness (QED) is 0.743. The van der Waals surface area contributed by atoms with Gasteiger partial charge in [-0.25, -0.2) is 0 Å². The predicted molar refractivity (Wildman–Crippen MR) is 88.1 cm³/mol. The maximum Gasteiger partial charge on any atom is 0.259 e. The standard InChI is InChI=1S/C17H18N2O5/c1-23-13-9-5-7-11(15(13)24-2)17(22)19-12-8-4-3-6-10(12)14(20)16(18)21/h3-9,14,20H,1-2H3,(H2,18,21)(H,19,22). The van der Waals surface area contributed by atoms with E-state index in [9.17, 15) is 14.7 Å². The Morgan fingerprint density at radius 3 is 2.42 bits per heavy atom. The van der Waals surface area contributed by atoms with Gasteiger partial charge in [-0.05, 0) is 18.2 Å². The number of methoxy groups -OCH3 is 2. The number of carbonyl (C=O) groups excluding carboxylic acids is 2. The summed E-state index contributed by atoms with van der Waals surface area (Å²) in [5, 5.41) is 12.5. The Morgan fingerprint density at radius 1 is 1.08 bits per heavy atom. The summed E-state index contributed by atoms with van der Waals surface area (Å²) in [6.07, 6.45) is -1.52. The summed E-state index contributed by atoms with van der Waals surface area (Å²) in [7, 11) is 2.90. The van der Waals surface area contributed by atoms with E-state index in [1.165, 1.54) is 20.3 Å². The van der Waals surface area contributed by atoms with Crippen molar-refractivity contribution in [2.24, 2.45) is 5.73 Å². The molecule has 2 aromatic carbocycles. The molecule has 1 unspecified atom stereocenters. The summed E-state index contributed by atoms with van der Waals surface area (Å²) < 4.78 is 10.4. The minimum absolute atomic E-state index is 0.209. The molecule has 2 rings (SSSR count). The predicted octanol–water partition coefficient (Wildman–Crippen LogP) is 1.47. The lowest BCUT2D eigenvalue weighted by Crippen LogP contribution is -2.23. The van der Waals surface area contributed by atoms with Crippen LogP contribution in [0.4, 0.5) is 5.69 Å². The van der Waals surface area contributed by atoms with Crippen molar-refractivity contribution in [1.29, 1.82) is 0 Å². The lowest BCUT2D eigenvalue weighted by atomic mass is 10.1. The number of hydrogen-bond acceptors (Lipinski definition) is 5. The Bertz CT molecular complexity index is 760. The Morgan fingerprint density at radius 2 is 1.79 bits per heavy atom. The topological polar surface area (TPSA) is 111 Å². The van der Waals surface area contributed by atoms with Crippen LogP contribution < -0.4 is 20.5 Å². The summed E-state index contributed by atoms with van der Waals surface area (Å²) in [5.74, 6) is -0.688. The summed E-state index contributed by atoms with van der Waals surface area (Å²) in [6.45, 7) is 0. The highest BCUT2D eigenvalue weighted by Crippen LogP contribution is 2.32. The molecule has 0 saturated heterocycles. The molecular weight excluding hydrogens is 312 g/mol. The molecule has 0 radical (unpaired) electrons. The van der Waals surface area contributed by atoms with Crippen molar-refractivity contribution in [2.45, 2.75) is 6.10 Å². The molecule has 7 nitrogen and oxygen atoms in total. The van der Waals surface area contributed by atoms with Crippen molar-refractivity contribution in [1.82, 2.24) is 0 Å². The van der Waals surface area contributed by atoms with Crippen molar-refractivity contribution in [3.63, 3.8) is 0 Å². The number of nitrogens with two attached hydrogens (primary N) is 1. The summed E-state index contributed by atoms with van der Waals surface area (Å²) >= 11 is 0. The molecule has 4 N–H and O–H groups in total. The monoisotopic (exact) mass is 330 g/mol. The van der Waals surface area contributed by atoms with Crippen LogP contribution in [0.2, 0.25) is 0 Å². The first-order valence-corrected chi connectivity index (χ1v) is 7.08. The van der Waals surface area contributed by atoms with Crippen LogP contribution in [0.1, 0.15) is 22.0 Å². The first-order valence-electron chi connectivity index (χ1n) is 7.08. The number of aliphatic hydroxyl groups excluding tert-OH is 1. The SMILES string of the molecule is COc1cccc(C(=O)Nc2ccccc2C(O)C(N)=O)c1OC. The van der Waals surface area contributed by atoms with Gasteiger partial charge in [-0.2, -0.15) is 0 Å². The highest BCUT2D eigenvalue weighted by molar-refractivity contribution is 6.07. The van der Waals surface area contributed by atoms with Gasteiger partial charge >= 0.3 is 0 Å². The van der Waals surface area contributed by atoms with Crippen LogP contribution in [-0.2, 0) is 4.79 Å². The minimum Gasteiger partial charge on any atom is -0.493 e. The van der Waals surface area contributed by atoms with Gasteiger partial charge in [0.25, 0.3) is 11.8 Å². The molecule has 0 heterocycles. The van der Waals surface area contributed by atoms with Crippen LogP contribution in [0.3, 0.4) is 0 Å². The fourth-order valence-corrected chi connectivity index (χ4v) is 2.26. The van der Waals surface area contributed by atoms with Gasteiger partial charge in [-0.1, -0.05) is 24.3 Å². The van der Waals surface area contributed by atoms with E-state index in [0.717, 1.165) is 0 Å². The van der Waals surface area contributed by atoms with E-state index >= 15 is 0 Å². The Kier molecular flexibility index (Phi) is 5.39. The van der Waals surface area contributed by atoms with Crippen molar-refractivity contribution in [3.05, 3.63) is 53.6 Å². The highest BCUT2D eigenvalue weighted by Gasteiger charge is 2.21. The van der Waals surface area contributed by atoms with Gasteiger partial charge in [0.2, 0.25) is 0 Å². The lowest BCUT2D eigenvalue weighted by molar-refractivity contribution is -0.126. The average Bonchev–Trinajstić information content (AvgIpc) is 2.60. The number of para-hydroxylation sites is 2. The third-order valence-corrected chi connectivity index (χ3v) is 3.42. The number of carbonyl (C=O) groups is 2. The van der Waals surface area contributed by atoms with Crippen LogP contribution in [0.5, 0.6) is 11.5 Å². The summed E-state index contributed by atoms with van der Waals surface area (Å²) in [4.78, 5) is 23.8. The third kappa shape index (κ3) is 3.47. The number of hydrogen-bond donors (Lipinski definition) is 3. The zero-order valence-electron chi connectivity index (χ0n) is 13.3. The van der Waals surface area contributed by atoms with Gasteiger partial charge in [0, 0.05) is 11.3 Å². The van der Waals surface area contributed by atoms with Gasteiger partial charge in [0.15, 0.2) is 17.6 Å². The van der Waals surface area contributed by atoms with Gasteiger partial charge in [-0.3, -0.25) is 9.59 Å². The number of nitrogens with one attached hydrogen (secondary N) is 1. The van der Waals surface area contributed by atoms with Gasteiger partial charge in [0.05, 0.1) is 19.8 Å². The first-order chi connectivity index (χ1) is 11.5. The third-order valence-electron chi connectivity index (χ3n) is 3.42. The number of amides is 2. The molecule has 2 aromatic rings. The maximum absolute atomic E-state index is 12.6. The van der Waals surface area contributed by atoms with Gasteiger partial charge < -0.3 is 25.6 Å². The van der Waals surface area contributed by atoms with E-state index in [4.69, 9.17) is 15.2 Å². The number of ether oxygens (including phenoxy) is 2. The molecule has 0 aliphatic heterocycles. The molecular formula is C17H18N2O5. The Hall–Kier alpha value is -3.06. The lowest BCUT2D eigenvalue weighted by Gasteiger charge is -2.16. The van der Waals surface area contributed by atoms with Gasteiger partial charge in [-0.15, -0.1) is 0 Å². The second kappa shape index (κ2) is 7.47. The number of rotatable bonds is 6. The van der Waals surface area contributed by atoms with Crippen LogP contribution >= 0.6 is 0 Å². The van der Waals surface area contributed by atoms with Gasteiger partial charge in [0.1, 0.15) is 0 Å². The molecule has 0 aromatic heterocycles. The normalized spacial score (nSPS) is 11.5. The molecule has 126 valence electrons. The second-order valence-electron chi connectivity index (χ2n) is 4.89. The van der Waals surface area contributed by atoms with Crippen molar-refractivity contribution < 1.29 is 24.2 Å². The molecule has 24 heavy (non-hydrogen) atoms. The smallest absolute Gasteiger partial charge is 0.259 e. The molecule has 0 fully saturated rings. The molecule has 2 amide bonds. The van der Waals surface area contributed by atoms with Crippen LogP contribution in [-0.4, -0.2) is 31.1 Å². The largest absolute Gasteiger partial charge is 0.493 e. The Labute approximate surface area is 139 Å². The number of aliphatic hydroxyl groups is 1. The number of anilines is 1. The fourth-order valence-electron chi connectivity index (χ4n) is 2.26. The van der Waals surface area contributed by atoms with E-state index in [0.29, 0.717) is 5.75 Å². The molecule has 0 bridgehead atoms. The number of primary amides is 1. The van der Waals surface area contributed by atoms with E-state index in [1.807, 2.05) is 0 Å². The van der Waals surface area contributed by atoms with E-state index in [2.05, 4.69) is 5.32 Å². The maximum atomic E-state index is 12.6. The van der Waals surface area contributed by atoms with Crippen molar-refractivity contribution in [3.8, 4) is 11.5 Å². The van der Waals surface area contributed by atoms with E-state index < -0.39 is 17.9 Å². The van der Waals surface area contributed by atoms with Crippen LogP contribution in [0.25, 0.3) is 0 Å². The first kappa shape index (κ1) is 17.3. The summed E-state index contributed by atoms with van der Waals surface area (Å²) in [5.41, 5.74) is 5.86. The second-order valence-corrected chi connectivity index (χ2v) is 4.89. The molecule has 1 atom stereocenters. The molecule has 0 saturated carbocycles. The molecule has 0 spiro atoms. The highest BCUT2D eigenvalue weighted by atomic mass is 16.5. The van der Waals surface area contributed by atoms with Crippen LogP contribution in [0, 0.1) is 0 Å². The van der Waals surface area contributed by atoms with E-state index in [-0.39, 0.29) is 22.6 Å². The zero-order chi connectivity index (χ0) is 17.7.